The van der Waals surface area contributed by atoms with Gasteiger partial charge in [0.15, 0.2) is 0 Å². The van der Waals surface area contributed by atoms with E-state index in [-0.39, 0.29) is 6.54 Å². The van der Waals surface area contributed by atoms with Crippen LogP contribution in [-0.2, 0) is 29.5 Å². The van der Waals surface area contributed by atoms with Crippen molar-refractivity contribution < 1.29 is 8.42 Å². The van der Waals surface area contributed by atoms with Crippen molar-refractivity contribution in [2.24, 2.45) is 0 Å². The summed E-state index contributed by atoms with van der Waals surface area (Å²) in [5, 5.41) is 0. The average Bonchev–Trinajstić information content (AvgIpc) is 3.06. The van der Waals surface area contributed by atoms with Crippen LogP contribution in [0.3, 0.4) is 0 Å². The van der Waals surface area contributed by atoms with Gasteiger partial charge in [0.05, 0.1) is 17.1 Å². The molecule has 124 valence electrons. The third-order valence-electron chi connectivity index (χ3n) is 4.81. The van der Waals surface area contributed by atoms with Crippen LogP contribution in [0.1, 0.15) is 40.2 Å². The lowest BCUT2D eigenvalue weighted by Crippen LogP contribution is -2.26. The standard InChI is InChI=1S/C17H23N3O2S/c1-11-8-12(2)14(4)17(13(11)3)23(21,22)19-10-15-9-18-16-6-5-7-20(15)16/h8-9,19H,5-7,10H2,1-4H3. The second-order valence-corrected chi connectivity index (χ2v) is 8.04. The number of imidazole rings is 1. The molecule has 1 aliphatic rings. The van der Waals surface area contributed by atoms with E-state index < -0.39 is 10.0 Å². The molecule has 0 amide bonds. The summed E-state index contributed by atoms with van der Waals surface area (Å²) in [6.45, 7) is 8.84. The summed E-state index contributed by atoms with van der Waals surface area (Å²) in [6.07, 6.45) is 3.83. The third kappa shape index (κ3) is 2.81. The Bertz CT molecular complexity index is 840. The fourth-order valence-corrected chi connectivity index (χ4v) is 4.90. The smallest absolute Gasteiger partial charge is 0.241 e. The van der Waals surface area contributed by atoms with Gasteiger partial charge < -0.3 is 4.57 Å². The zero-order chi connectivity index (χ0) is 16.8. The van der Waals surface area contributed by atoms with E-state index in [1.165, 1.54) is 0 Å². The van der Waals surface area contributed by atoms with E-state index in [0.717, 1.165) is 53.2 Å². The van der Waals surface area contributed by atoms with Crippen LogP contribution in [0.5, 0.6) is 0 Å². The van der Waals surface area contributed by atoms with E-state index in [9.17, 15) is 8.42 Å². The maximum atomic E-state index is 12.8. The Kier molecular flexibility index (Phi) is 4.06. The Balaban J connectivity index is 1.91. The normalized spacial score (nSPS) is 14.3. The minimum absolute atomic E-state index is 0.279. The van der Waals surface area contributed by atoms with Gasteiger partial charge in [-0.1, -0.05) is 6.07 Å². The first-order valence-corrected chi connectivity index (χ1v) is 9.40. The van der Waals surface area contributed by atoms with Crippen LogP contribution in [0.15, 0.2) is 17.2 Å². The molecule has 0 saturated heterocycles. The molecular formula is C17H23N3O2S. The van der Waals surface area contributed by atoms with Crippen molar-refractivity contribution in [3.8, 4) is 0 Å². The number of rotatable bonds is 4. The van der Waals surface area contributed by atoms with Gasteiger partial charge in [-0.05, 0) is 56.4 Å². The number of sulfonamides is 1. The van der Waals surface area contributed by atoms with E-state index in [0.29, 0.717) is 4.90 Å². The minimum Gasteiger partial charge on any atom is -0.331 e. The summed E-state index contributed by atoms with van der Waals surface area (Å²) in [6, 6.07) is 2.04. The fourth-order valence-electron chi connectivity index (χ4n) is 3.29. The van der Waals surface area contributed by atoms with Crippen molar-refractivity contribution in [3.63, 3.8) is 0 Å². The van der Waals surface area contributed by atoms with Crippen LogP contribution in [0.2, 0.25) is 0 Å². The highest BCUT2D eigenvalue weighted by Crippen LogP contribution is 2.26. The molecular weight excluding hydrogens is 310 g/mol. The number of nitrogens with zero attached hydrogens (tertiary/aromatic N) is 2. The molecule has 0 radical (unpaired) electrons. The van der Waals surface area contributed by atoms with Crippen molar-refractivity contribution in [2.75, 3.05) is 0 Å². The average molecular weight is 333 g/mol. The number of nitrogens with one attached hydrogen (secondary N) is 1. The van der Waals surface area contributed by atoms with Gasteiger partial charge >= 0.3 is 0 Å². The summed E-state index contributed by atoms with van der Waals surface area (Å²) in [5.41, 5.74) is 4.57. The van der Waals surface area contributed by atoms with Crippen LogP contribution >= 0.6 is 0 Å². The fraction of sp³-hybridized carbons (Fsp3) is 0.471. The van der Waals surface area contributed by atoms with E-state index in [4.69, 9.17) is 0 Å². The van der Waals surface area contributed by atoms with E-state index in [2.05, 4.69) is 14.3 Å². The first-order chi connectivity index (χ1) is 10.8. The highest BCUT2D eigenvalue weighted by molar-refractivity contribution is 7.89. The summed E-state index contributed by atoms with van der Waals surface area (Å²) in [7, 11) is -3.55. The molecule has 1 aromatic heterocycles. The first-order valence-electron chi connectivity index (χ1n) is 7.91. The molecule has 0 bridgehead atoms. The molecule has 0 saturated carbocycles. The number of hydrogen-bond acceptors (Lipinski definition) is 3. The molecule has 0 spiro atoms. The number of aromatic nitrogens is 2. The lowest BCUT2D eigenvalue weighted by molar-refractivity contribution is 0.576. The topological polar surface area (TPSA) is 64.0 Å². The Morgan fingerprint density at radius 1 is 1.17 bits per heavy atom. The second kappa shape index (κ2) is 5.76. The number of benzene rings is 1. The first kappa shape index (κ1) is 16.2. The Morgan fingerprint density at radius 3 is 2.48 bits per heavy atom. The van der Waals surface area contributed by atoms with Crippen molar-refractivity contribution >= 4 is 10.0 Å². The molecule has 6 heteroatoms. The van der Waals surface area contributed by atoms with Crippen molar-refractivity contribution in [2.45, 2.75) is 58.5 Å². The molecule has 2 aromatic rings. The predicted molar refractivity (Wildman–Crippen MR) is 90.0 cm³/mol. The molecule has 0 fully saturated rings. The maximum Gasteiger partial charge on any atom is 0.241 e. The van der Waals surface area contributed by atoms with E-state index in [1.54, 1.807) is 6.20 Å². The van der Waals surface area contributed by atoms with Gasteiger partial charge in [-0.15, -0.1) is 0 Å². The monoisotopic (exact) mass is 333 g/mol. The Hall–Kier alpha value is -1.66. The lowest BCUT2D eigenvalue weighted by atomic mass is 10.0. The Labute approximate surface area is 137 Å². The van der Waals surface area contributed by atoms with Gasteiger partial charge in [0.2, 0.25) is 10.0 Å². The van der Waals surface area contributed by atoms with Crippen LogP contribution in [0.25, 0.3) is 0 Å². The maximum absolute atomic E-state index is 12.8. The van der Waals surface area contributed by atoms with Gasteiger partial charge in [-0.2, -0.15) is 0 Å². The van der Waals surface area contributed by atoms with Crippen LogP contribution in [0.4, 0.5) is 0 Å². The van der Waals surface area contributed by atoms with Gasteiger partial charge in [0.25, 0.3) is 0 Å². The SMILES string of the molecule is Cc1cc(C)c(C)c(S(=O)(=O)NCc2cnc3n2CCC3)c1C. The lowest BCUT2D eigenvalue weighted by Gasteiger charge is -2.16. The highest BCUT2D eigenvalue weighted by Gasteiger charge is 2.23. The number of aryl methyl sites for hydroxylation is 3. The quantitative estimate of drug-likeness (QED) is 0.935. The van der Waals surface area contributed by atoms with Crippen LogP contribution in [-0.4, -0.2) is 18.0 Å². The van der Waals surface area contributed by atoms with E-state index in [1.807, 2.05) is 33.8 Å². The van der Waals surface area contributed by atoms with Gasteiger partial charge in [0, 0.05) is 19.2 Å². The Morgan fingerprint density at radius 2 is 1.83 bits per heavy atom. The molecule has 5 nitrogen and oxygen atoms in total. The second-order valence-electron chi connectivity index (χ2n) is 6.33. The molecule has 1 aromatic carbocycles. The molecule has 0 aliphatic carbocycles. The third-order valence-corrected chi connectivity index (χ3v) is 6.49. The van der Waals surface area contributed by atoms with Crippen LogP contribution < -0.4 is 4.72 Å². The summed E-state index contributed by atoms with van der Waals surface area (Å²) in [5.74, 6) is 1.05. The minimum atomic E-state index is -3.55. The van der Waals surface area contributed by atoms with E-state index >= 15 is 0 Å². The molecule has 1 aliphatic heterocycles. The summed E-state index contributed by atoms with van der Waals surface area (Å²) >= 11 is 0. The largest absolute Gasteiger partial charge is 0.331 e. The zero-order valence-electron chi connectivity index (χ0n) is 14.1. The molecule has 2 heterocycles. The van der Waals surface area contributed by atoms with Crippen molar-refractivity contribution in [1.82, 2.24) is 14.3 Å². The van der Waals surface area contributed by atoms with Crippen molar-refractivity contribution in [3.05, 3.63) is 46.0 Å². The van der Waals surface area contributed by atoms with Gasteiger partial charge in [-0.25, -0.2) is 18.1 Å². The van der Waals surface area contributed by atoms with Gasteiger partial charge in [0.1, 0.15) is 5.82 Å². The van der Waals surface area contributed by atoms with Gasteiger partial charge in [-0.3, -0.25) is 0 Å². The molecule has 0 atom stereocenters. The molecule has 0 unspecified atom stereocenters. The number of fused-ring (bicyclic) bond motifs is 1. The summed E-state index contributed by atoms with van der Waals surface area (Å²) < 4.78 is 30.5. The molecule has 1 N–H and O–H groups in total. The molecule has 3 rings (SSSR count). The summed E-state index contributed by atoms with van der Waals surface area (Å²) in [4.78, 5) is 4.77. The van der Waals surface area contributed by atoms with Crippen molar-refractivity contribution in [1.29, 1.82) is 0 Å². The van der Waals surface area contributed by atoms with Crippen LogP contribution in [0, 0.1) is 27.7 Å². The molecule has 23 heavy (non-hydrogen) atoms. The highest BCUT2D eigenvalue weighted by atomic mass is 32.2. The predicted octanol–water partition coefficient (Wildman–Crippen LogP) is 2.54. The zero-order valence-corrected chi connectivity index (χ0v) is 14.9. The number of hydrogen-bond donors (Lipinski definition) is 1.